The summed E-state index contributed by atoms with van der Waals surface area (Å²) in [5, 5.41) is 3.01. The minimum absolute atomic E-state index is 0.192. The van der Waals surface area contributed by atoms with E-state index in [9.17, 15) is 4.79 Å². The van der Waals surface area contributed by atoms with Gasteiger partial charge in [-0.1, -0.05) is 12.8 Å². The Hall–Kier alpha value is -1.01. The largest absolute Gasteiger partial charge is 0.465 e. The van der Waals surface area contributed by atoms with Gasteiger partial charge in [-0.3, -0.25) is 10.1 Å². The molecule has 0 aromatic heterocycles. The second kappa shape index (κ2) is 7.63. The molecule has 0 aliphatic heterocycles. The highest BCUT2D eigenvalue weighted by Gasteiger charge is 2.15. The summed E-state index contributed by atoms with van der Waals surface area (Å²) in [7, 11) is 0. The van der Waals surface area contributed by atoms with Gasteiger partial charge in [-0.25, -0.2) is 0 Å². The lowest BCUT2D eigenvalue weighted by Gasteiger charge is -2.12. The van der Waals surface area contributed by atoms with E-state index in [0.29, 0.717) is 13.2 Å². The van der Waals surface area contributed by atoms with E-state index in [1.165, 1.54) is 0 Å². The molecule has 0 heterocycles. The van der Waals surface area contributed by atoms with Crippen LogP contribution in [0.25, 0.3) is 0 Å². The molecular formula is C10H17NO2. The van der Waals surface area contributed by atoms with Gasteiger partial charge in [-0.2, -0.15) is 0 Å². The van der Waals surface area contributed by atoms with Crippen LogP contribution in [0.15, 0.2) is 0 Å². The summed E-state index contributed by atoms with van der Waals surface area (Å²) in [6.07, 6.45) is 0.726. The first-order valence-corrected chi connectivity index (χ1v) is 4.55. The molecule has 0 spiro atoms. The van der Waals surface area contributed by atoms with Gasteiger partial charge in [0.15, 0.2) is 0 Å². The molecule has 0 aromatic carbocycles. The molecule has 0 amide bonds. The molecule has 0 fully saturated rings. The van der Waals surface area contributed by atoms with Gasteiger partial charge < -0.3 is 4.74 Å². The molecule has 3 nitrogen and oxygen atoms in total. The Morgan fingerprint density at radius 2 is 2.23 bits per heavy atom. The van der Waals surface area contributed by atoms with Gasteiger partial charge in [0.1, 0.15) is 6.04 Å². The SMILES string of the molecule is CC#CCNC(CC)C(=O)OCC. The van der Waals surface area contributed by atoms with Crippen molar-refractivity contribution in [2.45, 2.75) is 33.2 Å². The first kappa shape index (κ1) is 12.0. The van der Waals surface area contributed by atoms with E-state index in [4.69, 9.17) is 4.74 Å². The van der Waals surface area contributed by atoms with Crippen LogP contribution in [0.4, 0.5) is 0 Å². The van der Waals surface area contributed by atoms with E-state index in [0.717, 1.165) is 6.42 Å². The highest BCUT2D eigenvalue weighted by atomic mass is 16.5. The molecule has 0 radical (unpaired) electrons. The number of nitrogens with one attached hydrogen (secondary N) is 1. The van der Waals surface area contributed by atoms with Crippen LogP contribution < -0.4 is 5.32 Å². The smallest absolute Gasteiger partial charge is 0.323 e. The third-order valence-electron chi connectivity index (χ3n) is 1.59. The van der Waals surface area contributed by atoms with Crippen molar-refractivity contribution in [3.63, 3.8) is 0 Å². The molecule has 1 atom stereocenters. The molecule has 0 aliphatic rings. The lowest BCUT2D eigenvalue weighted by molar-refractivity contribution is -0.145. The maximum Gasteiger partial charge on any atom is 0.323 e. The van der Waals surface area contributed by atoms with E-state index in [2.05, 4.69) is 17.2 Å². The second-order valence-electron chi connectivity index (χ2n) is 2.52. The van der Waals surface area contributed by atoms with Crippen LogP contribution in [0.5, 0.6) is 0 Å². The summed E-state index contributed by atoms with van der Waals surface area (Å²) in [4.78, 5) is 11.2. The van der Waals surface area contributed by atoms with E-state index in [1.807, 2.05) is 6.92 Å². The molecule has 0 aromatic rings. The minimum atomic E-state index is -0.221. The monoisotopic (exact) mass is 183 g/mol. The van der Waals surface area contributed by atoms with Gasteiger partial charge in [0, 0.05) is 0 Å². The summed E-state index contributed by atoms with van der Waals surface area (Å²) in [6.45, 7) is 6.47. The molecule has 13 heavy (non-hydrogen) atoms. The summed E-state index contributed by atoms with van der Waals surface area (Å²) in [5.74, 6) is 5.40. The predicted octanol–water partition coefficient (Wildman–Crippen LogP) is 0.941. The maximum atomic E-state index is 11.2. The van der Waals surface area contributed by atoms with Crippen LogP contribution in [0, 0.1) is 11.8 Å². The zero-order chi connectivity index (χ0) is 10.1. The number of rotatable bonds is 5. The van der Waals surface area contributed by atoms with E-state index < -0.39 is 0 Å². The first-order valence-electron chi connectivity index (χ1n) is 4.55. The second-order valence-corrected chi connectivity index (χ2v) is 2.52. The number of carbonyl (C=O) groups excluding carboxylic acids is 1. The van der Waals surface area contributed by atoms with Crippen molar-refractivity contribution in [1.82, 2.24) is 5.32 Å². The zero-order valence-electron chi connectivity index (χ0n) is 8.52. The average molecular weight is 183 g/mol. The van der Waals surface area contributed by atoms with Gasteiger partial charge in [-0.05, 0) is 20.3 Å². The fraction of sp³-hybridized carbons (Fsp3) is 0.700. The Morgan fingerprint density at radius 3 is 2.69 bits per heavy atom. The summed E-state index contributed by atoms with van der Waals surface area (Å²) in [5.41, 5.74) is 0. The summed E-state index contributed by atoms with van der Waals surface area (Å²) >= 11 is 0. The standard InChI is InChI=1S/C10H17NO2/c1-4-7-8-11-9(5-2)10(12)13-6-3/h9,11H,5-6,8H2,1-3H3. The quantitative estimate of drug-likeness (QED) is 0.509. The van der Waals surface area contributed by atoms with Gasteiger partial charge in [0.25, 0.3) is 0 Å². The fourth-order valence-corrected chi connectivity index (χ4v) is 0.900. The number of carbonyl (C=O) groups is 1. The fourth-order valence-electron chi connectivity index (χ4n) is 0.900. The molecule has 74 valence electrons. The molecular weight excluding hydrogens is 166 g/mol. The van der Waals surface area contributed by atoms with E-state index in [-0.39, 0.29) is 12.0 Å². The summed E-state index contributed by atoms with van der Waals surface area (Å²) in [6, 6.07) is -0.221. The number of esters is 1. The third-order valence-corrected chi connectivity index (χ3v) is 1.59. The van der Waals surface area contributed by atoms with Crippen molar-refractivity contribution in [3.8, 4) is 11.8 Å². The van der Waals surface area contributed by atoms with Gasteiger partial charge >= 0.3 is 5.97 Å². The van der Waals surface area contributed by atoms with Crippen molar-refractivity contribution >= 4 is 5.97 Å². The first-order chi connectivity index (χ1) is 6.26. The van der Waals surface area contributed by atoms with Crippen molar-refractivity contribution in [2.75, 3.05) is 13.2 Å². The Kier molecular flexibility index (Phi) is 7.04. The van der Waals surface area contributed by atoms with Gasteiger partial charge in [0.2, 0.25) is 0 Å². The van der Waals surface area contributed by atoms with Gasteiger partial charge in [0.05, 0.1) is 13.2 Å². The Morgan fingerprint density at radius 1 is 1.54 bits per heavy atom. The molecule has 3 heteroatoms. The lowest BCUT2D eigenvalue weighted by Crippen LogP contribution is -2.37. The molecule has 0 saturated heterocycles. The normalized spacial score (nSPS) is 11.3. The number of hydrogen-bond acceptors (Lipinski definition) is 3. The average Bonchev–Trinajstić information content (AvgIpc) is 2.13. The molecule has 1 N–H and O–H groups in total. The highest BCUT2D eigenvalue weighted by molar-refractivity contribution is 5.75. The molecule has 0 saturated carbocycles. The lowest BCUT2D eigenvalue weighted by atomic mass is 10.2. The van der Waals surface area contributed by atoms with Crippen molar-refractivity contribution in [1.29, 1.82) is 0 Å². The molecule has 0 rings (SSSR count). The van der Waals surface area contributed by atoms with E-state index in [1.54, 1.807) is 13.8 Å². The Balaban J connectivity index is 3.84. The van der Waals surface area contributed by atoms with Crippen LogP contribution in [0.2, 0.25) is 0 Å². The van der Waals surface area contributed by atoms with Crippen LogP contribution in [0.3, 0.4) is 0 Å². The summed E-state index contributed by atoms with van der Waals surface area (Å²) < 4.78 is 4.88. The van der Waals surface area contributed by atoms with Crippen molar-refractivity contribution < 1.29 is 9.53 Å². The van der Waals surface area contributed by atoms with E-state index >= 15 is 0 Å². The van der Waals surface area contributed by atoms with Crippen LogP contribution in [-0.2, 0) is 9.53 Å². The third kappa shape index (κ3) is 5.26. The van der Waals surface area contributed by atoms with Crippen molar-refractivity contribution in [3.05, 3.63) is 0 Å². The maximum absolute atomic E-state index is 11.2. The molecule has 0 bridgehead atoms. The molecule has 1 unspecified atom stereocenters. The highest BCUT2D eigenvalue weighted by Crippen LogP contribution is 1.93. The zero-order valence-corrected chi connectivity index (χ0v) is 8.52. The molecule has 0 aliphatic carbocycles. The van der Waals surface area contributed by atoms with Crippen LogP contribution >= 0.6 is 0 Å². The number of ether oxygens (including phenoxy) is 1. The number of hydrogen-bond donors (Lipinski definition) is 1. The van der Waals surface area contributed by atoms with Crippen molar-refractivity contribution in [2.24, 2.45) is 0 Å². The predicted molar refractivity (Wildman–Crippen MR) is 52.2 cm³/mol. The minimum Gasteiger partial charge on any atom is -0.465 e. The van der Waals surface area contributed by atoms with Crippen LogP contribution in [-0.4, -0.2) is 25.2 Å². The Labute approximate surface area is 79.8 Å². The Bertz CT molecular complexity index is 203. The van der Waals surface area contributed by atoms with Gasteiger partial charge in [-0.15, -0.1) is 5.92 Å². The van der Waals surface area contributed by atoms with Crippen LogP contribution in [0.1, 0.15) is 27.2 Å². The topological polar surface area (TPSA) is 38.3 Å².